The van der Waals surface area contributed by atoms with Crippen molar-refractivity contribution in [2.45, 2.75) is 244 Å². The van der Waals surface area contributed by atoms with Crippen molar-refractivity contribution in [3.05, 3.63) is 12.2 Å². The third kappa shape index (κ3) is 42.6. The molecule has 0 fully saturated rings. The number of aliphatic hydroxyl groups excluding tert-OH is 2. The van der Waals surface area contributed by atoms with Gasteiger partial charge in [-0.2, -0.15) is 0 Å². The minimum atomic E-state index is -4.61. The number of unbranched alkanes of at least 4 members (excludes halogenated alkanes) is 29. The molecular formula is C46H89O10P. The summed E-state index contributed by atoms with van der Waals surface area (Å²) < 4.78 is 32.8. The van der Waals surface area contributed by atoms with E-state index in [9.17, 15) is 24.2 Å². The number of hydrogen-bond acceptors (Lipinski definition) is 9. The second-order valence-corrected chi connectivity index (χ2v) is 17.6. The molecule has 0 bridgehead atoms. The lowest BCUT2D eigenvalue weighted by molar-refractivity contribution is -0.161. The molecule has 1 unspecified atom stereocenters. The summed E-state index contributed by atoms with van der Waals surface area (Å²) in [7, 11) is -4.61. The highest BCUT2D eigenvalue weighted by atomic mass is 31.2. The van der Waals surface area contributed by atoms with Crippen LogP contribution in [0.25, 0.3) is 0 Å². The van der Waals surface area contributed by atoms with Gasteiger partial charge in [0.1, 0.15) is 12.7 Å². The van der Waals surface area contributed by atoms with Crippen LogP contribution in [0.3, 0.4) is 0 Å². The van der Waals surface area contributed by atoms with Gasteiger partial charge in [-0.15, -0.1) is 0 Å². The molecule has 0 rings (SSSR count). The smallest absolute Gasteiger partial charge is 0.462 e. The van der Waals surface area contributed by atoms with Crippen LogP contribution in [0.1, 0.15) is 232 Å². The second-order valence-electron chi connectivity index (χ2n) is 16.1. The molecule has 3 N–H and O–H groups in total. The summed E-state index contributed by atoms with van der Waals surface area (Å²) in [6.07, 6.45) is 41.7. The molecule has 0 aromatic heterocycles. The first kappa shape index (κ1) is 55.7. The Morgan fingerprint density at radius 2 is 0.860 bits per heavy atom. The summed E-state index contributed by atoms with van der Waals surface area (Å²) in [4.78, 5) is 35.1. The average Bonchev–Trinajstić information content (AvgIpc) is 3.20. The lowest BCUT2D eigenvalue weighted by atomic mass is 10.0. The highest BCUT2D eigenvalue weighted by molar-refractivity contribution is 7.47. The standard InChI is InChI=1S/C46H89O10P/c1-3-5-7-9-11-13-15-17-19-20-21-22-24-26-28-30-32-34-36-38-46(50)56-44(42-55-57(51,52)54-40-43(48)39-47)41-53-45(49)37-35-33-31-29-27-25-23-18-16-14-12-10-8-6-4-2/h17,19,43-44,47-48H,3-16,18,20-42H2,1-2H3,(H,51,52)/b19-17+/t43-,44+/m0/s1. The van der Waals surface area contributed by atoms with Crippen molar-refractivity contribution in [2.75, 3.05) is 26.4 Å². The predicted octanol–water partition coefficient (Wildman–Crippen LogP) is 12.8. The van der Waals surface area contributed by atoms with Crippen LogP contribution in [0, 0.1) is 0 Å². The molecule has 57 heavy (non-hydrogen) atoms. The van der Waals surface area contributed by atoms with E-state index >= 15 is 0 Å². The van der Waals surface area contributed by atoms with Crippen LogP contribution in [-0.4, -0.2) is 65.7 Å². The topological polar surface area (TPSA) is 149 Å². The minimum absolute atomic E-state index is 0.186. The Balaban J connectivity index is 4.21. The lowest BCUT2D eigenvalue weighted by Crippen LogP contribution is -2.29. The number of carbonyl (C=O) groups excluding carboxylic acids is 2. The first-order chi connectivity index (χ1) is 27.7. The molecule has 0 aliphatic heterocycles. The van der Waals surface area contributed by atoms with Crippen molar-refractivity contribution >= 4 is 19.8 Å². The maximum Gasteiger partial charge on any atom is 0.472 e. The number of esters is 2. The zero-order valence-corrected chi connectivity index (χ0v) is 37.7. The van der Waals surface area contributed by atoms with E-state index in [0.29, 0.717) is 12.8 Å². The maximum atomic E-state index is 12.6. The monoisotopic (exact) mass is 833 g/mol. The van der Waals surface area contributed by atoms with Crippen LogP contribution >= 0.6 is 7.82 Å². The Kier molecular flexibility index (Phi) is 41.9. The molecule has 0 aliphatic rings. The highest BCUT2D eigenvalue weighted by Gasteiger charge is 2.27. The van der Waals surface area contributed by atoms with Gasteiger partial charge < -0.3 is 24.6 Å². The zero-order chi connectivity index (χ0) is 41.9. The summed E-state index contributed by atoms with van der Waals surface area (Å²) in [5, 5.41) is 18.4. The number of phosphoric acid groups is 1. The number of carbonyl (C=O) groups is 2. The summed E-state index contributed by atoms with van der Waals surface area (Å²) in [5.41, 5.74) is 0. The fourth-order valence-corrected chi connectivity index (χ4v) is 7.54. The zero-order valence-electron chi connectivity index (χ0n) is 36.8. The molecule has 0 aromatic carbocycles. The fourth-order valence-electron chi connectivity index (χ4n) is 6.75. The third-order valence-corrected chi connectivity index (χ3v) is 11.4. The Bertz CT molecular complexity index is 961. The van der Waals surface area contributed by atoms with Crippen molar-refractivity contribution < 1.29 is 47.8 Å². The quantitative estimate of drug-likeness (QED) is 0.0234. The molecule has 0 saturated heterocycles. The summed E-state index contributed by atoms with van der Waals surface area (Å²) >= 11 is 0. The molecule has 0 aliphatic carbocycles. The first-order valence-corrected chi connectivity index (χ1v) is 25.1. The lowest BCUT2D eigenvalue weighted by Gasteiger charge is -2.20. The number of allylic oxidation sites excluding steroid dienone is 2. The van der Waals surface area contributed by atoms with E-state index in [1.807, 2.05) is 0 Å². The molecular weight excluding hydrogens is 743 g/mol. The molecule has 11 heteroatoms. The van der Waals surface area contributed by atoms with Crippen LogP contribution in [0.2, 0.25) is 0 Å². The van der Waals surface area contributed by atoms with Gasteiger partial charge in [-0.3, -0.25) is 18.6 Å². The average molecular weight is 833 g/mol. The van der Waals surface area contributed by atoms with Gasteiger partial charge in [0.2, 0.25) is 0 Å². The predicted molar refractivity (Wildman–Crippen MR) is 233 cm³/mol. The van der Waals surface area contributed by atoms with Gasteiger partial charge in [-0.1, -0.05) is 193 Å². The Morgan fingerprint density at radius 1 is 0.509 bits per heavy atom. The van der Waals surface area contributed by atoms with Crippen molar-refractivity contribution in [3.63, 3.8) is 0 Å². The summed E-state index contributed by atoms with van der Waals surface area (Å²) in [6, 6.07) is 0. The fraction of sp³-hybridized carbons (Fsp3) is 0.913. The Hall–Kier alpha value is -1.29. The normalized spacial score (nSPS) is 13.8. The molecule has 0 amide bonds. The van der Waals surface area contributed by atoms with Gasteiger partial charge >= 0.3 is 19.8 Å². The van der Waals surface area contributed by atoms with E-state index in [0.717, 1.165) is 38.5 Å². The molecule has 10 nitrogen and oxygen atoms in total. The molecule has 0 spiro atoms. The van der Waals surface area contributed by atoms with E-state index in [1.54, 1.807) is 0 Å². The van der Waals surface area contributed by atoms with Crippen molar-refractivity contribution in [2.24, 2.45) is 0 Å². The highest BCUT2D eigenvalue weighted by Crippen LogP contribution is 2.43. The van der Waals surface area contributed by atoms with E-state index in [2.05, 4.69) is 26.0 Å². The van der Waals surface area contributed by atoms with Crippen molar-refractivity contribution in [1.29, 1.82) is 0 Å². The Morgan fingerprint density at radius 3 is 1.26 bits per heavy atom. The second kappa shape index (κ2) is 42.8. The Labute approximate surface area is 349 Å². The van der Waals surface area contributed by atoms with Crippen LogP contribution in [-0.2, 0) is 32.7 Å². The molecule has 0 radical (unpaired) electrons. The van der Waals surface area contributed by atoms with Crippen molar-refractivity contribution in [3.8, 4) is 0 Å². The van der Waals surface area contributed by atoms with Crippen LogP contribution < -0.4 is 0 Å². The minimum Gasteiger partial charge on any atom is -0.462 e. The first-order valence-electron chi connectivity index (χ1n) is 23.6. The van der Waals surface area contributed by atoms with Gasteiger partial charge in [0.05, 0.1) is 19.8 Å². The van der Waals surface area contributed by atoms with Crippen LogP contribution in [0.5, 0.6) is 0 Å². The molecule has 0 heterocycles. The van der Waals surface area contributed by atoms with Crippen molar-refractivity contribution in [1.82, 2.24) is 0 Å². The SMILES string of the molecule is CCCCCCCC/C=C/CCCCCCCCCCCC(=O)O[C@H](COC(=O)CCCCCCCCCCCCCCCCC)COP(=O)(O)OC[C@@H](O)CO. The van der Waals surface area contributed by atoms with Gasteiger partial charge in [0.25, 0.3) is 0 Å². The number of phosphoric ester groups is 1. The van der Waals surface area contributed by atoms with Gasteiger partial charge in [-0.25, -0.2) is 4.57 Å². The van der Waals surface area contributed by atoms with E-state index in [4.69, 9.17) is 23.6 Å². The summed E-state index contributed by atoms with van der Waals surface area (Å²) in [5.74, 6) is -0.914. The van der Waals surface area contributed by atoms with E-state index in [1.165, 1.54) is 154 Å². The van der Waals surface area contributed by atoms with Crippen LogP contribution in [0.15, 0.2) is 12.2 Å². The maximum absolute atomic E-state index is 12.6. The van der Waals surface area contributed by atoms with E-state index in [-0.39, 0.29) is 19.4 Å². The summed E-state index contributed by atoms with van der Waals surface area (Å²) in [6.45, 7) is 2.42. The molecule has 338 valence electrons. The van der Waals surface area contributed by atoms with Gasteiger partial charge in [-0.05, 0) is 38.5 Å². The molecule has 3 atom stereocenters. The van der Waals surface area contributed by atoms with E-state index < -0.39 is 51.8 Å². The van der Waals surface area contributed by atoms with Gasteiger partial charge in [0, 0.05) is 12.8 Å². The number of ether oxygens (including phenoxy) is 2. The molecule has 0 saturated carbocycles. The van der Waals surface area contributed by atoms with Gasteiger partial charge in [0.15, 0.2) is 6.10 Å². The van der Waals surface area contributed by atoms with Crippen LogP contribution in [0.4, 0.5) is 0 Å². The number of aliphatic hydroxyl groups is 2. The third-order valence-electron chi connectivity index (χ3n) is 10.4. The number of rotatable bonds is 45. The molecule has 0 aromatic rings. The number of hydrogen-bond donors (Lipinski definition) is 3. The largest absolute Gasteiger partial charge is 0.472 e.